The van der Waals surface area contributed by atoms with Gasteiger partial charge in [-0.3, -0.25) is 9.36 Å². The predicted molar refractivity (Wildman–Crippen MR) is 105 cm³/mol. The van der Waals surface area contributed by atoms with E-state index in [4.69, 9.17) is 0 Å². The number of aromatic nitrogens is 2. The second kappa shape index (κ2) is 8.04. The van der Waals surface area contributed by atoms with Crippen molar-refractivity contribution < 1.29 is 12.8 Å². The van der Waals surface area contributed by atoms with E-state index in [9.17, 15) is 17.6 Å². The van der Waals surface area contributed by atoms with Gasteiger partial charge in [0.05, 0.1) is 16.9 Å². The van der Waals surface area contributed by atoms with E-state index in [1.54, 1.807) is 37.3 Å². The topological polar surface area (TPSA) is 81.1 Å². The van der Waals surface area contributed by atoms with Gasteiger partial charge in [-0.05, 0) is 49.7 Å². The number of aryl methyl sites for hydroxylation is 2. The Morgan fingerprint density at radius 1 is 1.07 bits per heavy atom. The molecule has 1 N–H and O–H groups in total. The Morgan fingerprint density at radius 2 is 1.79 bits per heavy atom. The van der Waals surface area contributed by atoms with Crippen LogP contribution in [0.2, 0.25) is 0 Å². The van der Waals surface area contributed by atoms with Crippen LogP contribution in [0.4, 0.5) is 4.39 Å². The van der Waals surface area contributed by atoms with Crippen LogP contribution in [-0.4, -0.2) is 24.5 Å². The molecule has 1 heterocycles. The molecule has 0 radical (unpaired) electrons. The Morgan fingerprint density at radius 3 is 2.43 bits per heavy atom. The molecule has 2 aromatic carbocycles. The molecule has 6 nitrogen and oxygen atoms in total. The van der Waals surface area contributed by atoms with Crippen molar-refractivity contribution in [1.82, 2.24) is 14.3 Å². The lowest BCUT2D eigenvalue weighted by Gasteiger charge is -2.11. The standard InChI is InChI=1S/C20H20FN3O3S/c1-14-3-8-19(15(2)11-14)28(26,27)23-9-10-24-13-22-18(12-20(24)25)16-4-6-17(21)7-5-16/h3-8,11-13,23H,9-10H2,1-2H3. The SMILES string of the molecule is Cc1ccc(S(=O)(=O)NCCn2cnc(-c3ccc(F)cc3)cc2=O)c(C)c1. The van der Waals surface area contributed by atoms with Gasteiger partial charge in [0.2, 0.25) is 10.0 Å². The van der Waals surface area contributed by atoms with E-state index in [1.165, 1.54) is 29.1 Å². The molecule has 0 saturated heterocycles. The average molecular weight is 401 g/mol. The van der Waals surface area contributed by atoms with Crippen LogP contribution in [0.15, 0.2) is 64.5 Å². The number of halogens is 1. The molecule has 8 heteroatoms. The van der Waals surface area contributed by atoms with Crippen LogP contribution in [-0.2, 0) is 16.6 Å². The third-order valence-corrected chi connectivity index (χ3v) is 5.91. The van der Waals surface area contributed by atoms with Crippen molar-refractivity contribution in [1.29, 1.82) is 0 Å². The summed E-state index contributed by atoms with van der Waals surface area (Å²) in [6.45, 7) is 3.82. The maximum Gasteiger partial charge on any atom is 0.253 e. The second-order valence-corrected chi connectivity index (χ2v) is 8.21. The molecule has 0 aliphatic heterocycles. The first-order valence-electron chi connectivity index (χ1n) is 8.65. The predicted octanol–water partition coefficient (Wildman–Crippen LogP) is 2.64. The summed E-state index contributed by atoms with van der Waals surface area (Å²) in [5.74, 6) is -0.367. The molecule has 0 saturated carbocycles. The number of hydrogen-bond donors (Lipinski definition) is 1. The van der Waals surface area contributed by atoms with Gasteiger partial charge in [-0.25, -0.2) is 22.5 Å². The number of sulfonamides is 1. The zero-order valence-corrected chi connectivity index (χ0v) is 16.3. The fraction of sp³-hybridized carbons (Fsp3) is 0.200. The Labute approximate surface area is 162 Å². The van der Waals surface area contributed by atoms with Gasteiger partial charge in [0.25, 0.3) is 5.56 Å². The number of hydrogen-bond acceptors (Lipinski definition) is 4. The molecule has 0 aliphatic carbocycles. The number of benzene rings is 2. The normalized spacial score (nSPS) is 11.5. The van der Waals surface area contributed by atoms with Crippen molar-refractivity contribution in [2.75, 3.05) is 6.54 Å². The van der Waals surface area contributed by atoms with Gasteiger partial charge in [-0.2, -0.15) is 0 Å². The maximum atomic E-state index is 13.0. The minimum atomic E-state index is -3.67. The van der Waals surface area contributed by atoms with E-state index in [2.05, 4.69) is 9.71 Å². The zero-order chi connectivity index (χ0) is 20.3. The summed E-state index contributed by atoms with van der Waals surface area (Å²) in [5, 5.41) is 0. The summed E-state index contributed by atoms with van der Waals surface area (Å²) in [6.07, 6.45) is 1.35. The molecular weight excluding hydrogens is 381 g/mol. The summed E-state index contributed by atoms with van der Waals surface area (Å²) < 4.78 is 41.8. The Balaban J connectivity index is 1.69. The summed E-state index contributed by atoms with van der Waals surface area (Å²) >= 11 is 0. The molecule has 0 aliphatic rings. The van der Waals surface area contributed by atoms with E-state index in [0.29, 0.717) is 16.8 Å². The van der Waals surface area contributed by atoms with Crippen LogP contribution in [0.25, 0.3) is 11.3 Å². The third kappa shape index (κ3) is 4.52. The maximum absolute atomic E-state index is 13.0. The number of nitrogens with zero attached hydrogens (tertiary/aromatic N) is 2. The van der Waals surface area contributed by atoms with Crippen LogP contribution in [0.3, 0.4) is 0 Å². The monoisotopic (exact) mass is 401 g/mol. The lowest BCUT2D eigenvalue weighted by atomic mass is 10.1. The Kier molecular flexibility index (Phi) is 5.71. The molecular formula is C20H20FN3O3S. The number of nitrogens with one attached hydrogen (secondary N) is 1. The molecule has 0 fully saturated rings. The van der Waals surface area contributed by atoms with Crippen LogP contribution in [0.5, 0.6) is 0 Å². The molecule has 28 heavy (non-hydrogen) atoms. The molecule has 146 valence electrons. The lowest BCUT2D eigenvalue weighted by Crippen LogP contribution is -2.31. The van der Waals surface area contributed by atoms with E-state index < -0.39 is 10.0 Å². The van der Waals surface area contributed by atoms with Crippen LogP contribution in [0.1, 0.15) is 11.1 Å². The minimum absolute atomic E-state index is 0.0487. The van der Waals surface area contributed by atoms with Gasteiger partial charge < -0.3 is 0 Å². The minimum Gasteiger partial charge on any atom is -0.298 e. The van der Waals surface area contributed by atoms with Crippen molar-refractivity contribution in [3.63, 3.8) is 0 Å². The van der Waals surface area contributed by atoms with Crippen LogP contribution < -0.4 is 10.3 Å². The van der Waals surface area contributed by atoms with Crippen molar-refractivity contribution in [3.8, 4) is 11.3 Å². The quantitative estimate of drug-likeness (QED) is 0.689. The van der Waals surface area contributed by atoms with Crippen LogP contribution in [0, 0.1) is 19.7 Å². The zero-order valence-electron chi connectivity index (χ0n) is 15.5. The molecule has 0 bridgehead atoms. The number of rotatable bonds is 6. The van der Waals surface area contributed by atoms with Gasteiger partial charge in [-0.15, -0.1) is 0 Å². The summed E-state index contributed by atoms with van der Waals surface area (Å²) in [4.78, 5) is 16.7. The van der Waals surface area contributed by atoms with Gasteiger partial charge in [-0.1, -0.05) is 17.7 Å². The van der Waals surface area contributed by atoms with Crippen molar-refractivity contribution in [3.05, 3.63) is 82.2 Å². The first-order valence-corrected chi connectivity index (χ1v) is 10.1. The summed E-state index contributed by atoms with van der Waals surface area (Å²) in [7, 11) is -3.67. The van der Waals surface area contributed by atoms with Gasteiger partial charge in [0.15, 0.2) is 0 Å². The van der Waals surface area contributed by atoms with E-state index in [1.807, 2.05) is 6.92 Å². The molecule has 3 rings (SSSR count). The van der Waals surface area contributed by atoms with Gasteiger partial charge in [0.1, 0.15) is 5.82 Å². The third-order valence-electron chi connectivity index (χ3n) is 4.28. The summed E-state index contributed by atoms with van der Waals surface area (Å²) in [5.41, 5.74) is 2.38. The smallest absolute Gasteiger partial charge is 0.253 e. The highest BCUT2D eigenvalue weighted by Gasteiger charge is 2.16. The van der Waals surface area contributed by atoms with Crippen molar-refractivity contribution in [2.24, 2.45) is 0 Å². The molecule has 1 aromatic heterocycles. The highest BCUT2D eigenvalue weighted by molar-refractivity contribution is 7.89. The van der Waals surface area contributed by atoms with Crippen LogP contribution >= 0.6 is 0 Å². The van der Waals surface area contributed by atoms with Gasteiger partial charge >= 0.3 is 0 Å². The molecule has 3 aromatic rings. The lowest BCUT2D eigenvalue weighted by molar-refractivity contribution is 0.568. The molecule has 0 amide bonds. The van der Waals surface area contributed by atoms with E-state index in [-0.39, 0.29) is 29.4 Å². The molecule has 0 spiro atoms. The largest absolute Gasteiger partial charge is 0.298 e. The Hall–Kier alpha value is -2.84. The molecule has 0 unspecified atom stereocenters. The van der Waals surface area contributed by atoms with E-state index in [0.717, 1.165) is 5.56 Å². The van der Waals surface area contributed by atoms with Gasteiger partial charge in [0, 0.05) is 24.7 Å². The summed E-state index contributed by atoms with van der Waals surface area (Å²) in [6, 6.07) is 12.1. The highest BCUT2D eigenvalue weighted by Crippen LogP contribution is 2.16. The second-order valence-electron chi connectivity index (χ2n) is 6.48. The van der Waals surface area contributed by atoms with E-state index >= 15 is 0 Å². The Bertz CT molecular complexity index is 1160. The van der Waals surface area contributed by atoms with Crippen molar-refractivity contribution >= 4 is 10.0 Å². The van der Waals surface area contributed by atoms with Crippen molar-refractivity contribution in [2.45, 2.75) is 25.3 Å². The first-order chi connectivity index (χ1) is 13.3. The average Bonchev–Trinajstić information content (AvgIpc) is 2.63. The fourth-order valence-electron chi connectivity index (χ4n) is 2.85. The molecule has 0 atom stereocenters. The highest BCUT2D eigenvalue weighted by atomic mass is 32.2. The first kappa shape index (κ1) is 19.9. The fourth-order valence-corrected chi connectivity index (χ4v) is 4.10.